The van der Waals surface area contributed by atoms with E-state index >= 15 is 0 Å². The molecule has 0 aromatic carbocycles. The SMILES string of the molecule is [CH]C(=O)NCCCC. The lowest BCUT2D eigenvalue weighted by Gasteiger charge is -1.96. The highest BCUT2D eigenvalue weighted by Crippen LogP contribution is 1.80. The van der Waals surface area contributed by atoms with Crippen LogP contribution in [-0.4, -0.2) is 12.5 Å². The lowest BCUT2D eigenvalue weighted by Crippen LogP contribution is -2.20. The molecule has 8 heavy (non-hydrogen) atoms. The van der Waals surface area contributed by atoms with Crippen LogP contribution in [-0.2, 0) is 4.79 Å². The van der Waals surface area contributed by atoms with E-state index in [4.69, 9.17) is 6.92 Å². The third-order valence-electron chi connectivity index (χ3n) is 0.830. The second-order valence-electron chi connectivity index (χ2n) is 1.64. The van der Waals surface area contributed by atoms with Crippen LogP contribution in [0.25, 0.3) is 0 Å². The second kappa shape index (κ2) is 4.62. The first-order valence-electron chi connectivity index (χ1n) is 2.80. The zero-order valence-corrected chi connectivity index (χ0v) is 5.11. The van der Waals surface area contributed by atoms with E-state index in [0.717, 1.165) is 12.8 Å². The monoisotopic (exact) mass is 113 g/mol. The Labute approximate surface area is 50.3 Å². The van der Waals surface area contributed by atoms with Gasteiger partial charge in [0.1, 0.15) is 0 Å². The van der Waals surface area contributed by atoms with Gasteiger partial charge in [-0.1, -0.05) is 13.3 Å². The van der Waals surface area contributed by atoms with Gasteiger partial charge in [0, 0.05) is 6.54 Å². The highest BCUT2D eigenvalue weighted by Gasteiger charge is 1.86. The van der Waals surface area contributed by atoms with Gasteiger partial charge in [0.2, 0.25) is 5.91 Å². The first-order chi connectivity index (χ1) is 3.77. The molecule has 0 aliphatic carbocycles. The zero-order valence-electron chi connectivity index (χ0n) is 5.11. The van der Waals surface area contributed by atoms with E-state index < -0.39 is 5.91 Å². The number of carbonyl (C=O) groups is 1. The van der Waals surface area contributed by atoms with Crippen LogP contribution in [0.5, 0.6) is 0 Å². The number of amides is 1. The van der Waals surface area contributed by atoms with Crippen molar-refractivity contribution in [3.63, 3.8) is 0 Å². The zero-order chi connectivity index (χ0) is 6.41. The summed E-state index contributed by atoms with van der Waals surface area (Å²) in [6.07, 6.45) is 2.09. The molecule has 0 rings (SSSR count). The standard InChI is InChI=1S/C6H11NO/c1-3-4-5-7-6(2)8/h2H,3-5H2,1H3,(H,7,8). The number of hydrogen-bond acceptors (Lipinski definition) is 1. The number of unbranched alkanes of at least 4 members (excludes halogenated alkanes) is 1. The van der Waals surface area contributed by atoms with Crippen LogP contribution in [0.15, 0.2) is 0 Å². The van der Waals surface area contributed by atoms with E-state index in [2.05, 4.69) is 12.2 Å². The molecule has 0 aromatic heterocycles. The van der Waals surface area contributed by atoms with Gasteiger partial charge in [-0.3, -0.25) is 4.79 Å². The second-order valence-corrected chi connectivity index (χ2v) is 1.64. The van der Waals surface area contributed by atoms with Gasteiger partial charge in [0.25, 0.3) is 0 Å². The molecule has 0 fully saturated rings. The van der Waals surface area contributed by atoms with Crippen LogP contribution in [0.2, 0.25) is 0 Å². The first kappa shape index (κ1) is 7.47. The van der Waals surface area contributed by atoms with Gasteiger partial charge >= 0.3 is 0 Å². The minimum absolute atomic E-state index is 0.432. The minimum atomic E-state index is -0.432. The van der Waals surface area contributed by atoms with Gasteiger partial charge < -0.3 is 5.32 Å². The molecular weight excluding hydrogens is 102 g/mol. The highest BCUT2D eigenvalue weighted by molar-refractivity contribution is 5.79. The average Bonchev–Trinajstić information content (AvgIpc) is 1.66. The molecule has 1 amide bonds. The predicted molar refractivity (Wildman–Crippen MR) is 32.2 cm³/mol. The first-order valence-corrected chi connectivity index (χ1v) is 2.80. The van der Waals surface area contributed by atoms with Gasteiger partial charge in [0.05, 0.1) is 6.92 Å². The van der Waals surface area contributed by atoms with Crippen LogP contribution in [0, 0.1) is 6.92 Å². The molecule has 0 aliphatic heterocycles. The Bertz CT molecular complexity index is 70.9. The predicted octanol–water partition coefficient (Wildman–Crippen LogP) is 0.614. The van der Waals surface area contributed by atoms with Gasteiger partial charge in [0.15, 0.2) is 0 Å². The van der Waals surface area contributed by atoms with Crippen molar-refractivity contribution in [1.82, 2.24) is 5.32 Å². The Morgan fingerprint density at radius 2 is 2.38 bits per heavy atom. The van der Waals surface area contributed by atoms with Crippen LogP contribution < -0.4 is 5.32 Å². The van der Waals surface area contributed by atoms with E-state index in [1.807, 2.05) is 0 Å². The van der Waals surface area contributed by atoms with E-state index in [1.54, 1.807) is 0 Å². The van der Waals surface area contributed by atoms with E-state index in [1.165, 1.54) is 0 Å². The molecule has 0 saturated carbocycles. The fraction of sp³-hybridized carbons (Fsp3) is 0.667. The molecule has 2 radical (unpaired) electrons. The van der Waals surface area contributed by atoms with Crippen LogP contribution in [0.3, 0.4) is 0 Å². The Hall–Kier alpha value is -0.530. The Morgan fingerprint density at radius 1 is 1.75 bits per heavy atom. The summed E-state index contributed by atoms with van der Waals surface area (Å²) >= 11 is 0. The molecule has 0 spiro atoms. The van der Waals surface area contributed by atoms with Crippen LogP contribution >= 0.6 is 0 Å². The number of hydrogen-bond donors (Lipinski definition) is 1. The van der Waals surface area contributed by atoms with E-state index in [0.29, 0.717) is 6.54 Å². The summed E-state index contributed by atoms with van der Waals surface area (Å²) in [6.45, 7) is 7.54. The van der Waals surface area contributed by atoms with Crippen molar-refractivity contribution in [2.45, 2.75) is 19.8 Å². The molecular formula is C6H11NO. The average molecular weight is 113 g/mol. The summed E-state index contributed by atoms with van der Waals surface area (Å²) in [4.78, 5) is 9.99. The maximum atomic E-state index is 9.99. The van der Waals surface area contributed by atoms with Crippen molar-refractivity contribution >= 4 is 5.91 Å². The maximum absolute atomic E-state index is 9.99. The third-order valence-corrected chi connectivity index (χ3v) is 0.830. The lowest BCUT2D eigenvalue weighted by atomic mass is 10.3. The number of carbonyl (C=O) groups excluding carboxylic acids is 1. The van der Waals surface area contributed by atoms with Gasteiger partial charge in [-0.15, -0.1) is 0 Å². The van der Waals surface area contributed by atoms with Gasteiger partial charge in [-0.2, -0.15) is 0 Å². The molecule has 0 aliphatic rings. The quantitative estimate of drug-likeness (QED) is 0.534. The van der Waals surface area contributed by atoms with Crippen LogP contribution in [0.4, 0.5) is 0 Å². The highest BCUT2D eigenvalue weighted by atomic mass is 16.1. The summed E-state index contributed by atoms with van der Waals surface area (Å²) in [7, 11) is 0. The van der Waals surface area contributed by atoms with Crippen molar-refractivity contribution in [2.75, 3.05) is 6.54 Å². The molecule has 0 unspecified atom stereocenters. The maximum Gasteiger partial charge on any atom is 0.224 e. The summed E-state index contributed by atoms with van der Waals surface area (Å²) < 4.78 is 0. The Kier molecular flexibility index (Phi) is 4.32. The smallest absolute Gasteiger partial charge is 0.224 e. The molecule has 0 saturated heterocycles. The molecule has 1 N–H and O–H groups in total. The van der Waals surface area contributed by atoms with Gasteiger partial charge in [-0.25, -0.2) is 0 Å². The minimum Gasteiger partial charge on any atom is -0.356 e. The number of nitrogens with one attached hydrogen (secondary N) is 1. The normalized spacial score (nSPS) is 8.75. The van der Waals surface area contributed by atoms with Crippen molar-refractivity contribution in [3.8, 4) is 0 Å². The fourth-order valence-electron chi connectivity index (χ4n) is 0.388. The summed E-state index contributed by atoms with van der Waals surface area (Å²) in [5.41, 5.74) is 0. The summed E-state index contributed by atoms with van der Waals surface area (Å²) in [6, 6.07) is 0. The molecule has 46 valence electrons. The summed E-state index contributed by atoms with van der Waals surface area (Å²) in [5.74, 6) is -0.432. The molecule has 0 heterocycles. The van der Waals surface area contributed by atoms with Crippen molar-refractivity contribution in [3.05, 3.63) is 6.92 Å². The molecule has 2 heteroatoms. The largest absolute Gasteiger partial charge is 0.356 e. The number of rotatable bonds is 3. The molecule has 0 bridgehead atoms. The van der Waals surface area contributed by atoms with E-state index in [9.17, 15) is 4.79 Å². The van der Waals surface area contributed by atoms with Crippen molar-refractivity contribution < 1.29 is 4.79 Å². The van der Waals surface area contributed by atoms with E-state index in [-0.39, 0.29) is 0 Å². The molecule has 0 atom stereocenters. The topological polar surface area (TPSA) is 29.1 Å². The van der Waals surface area contributed by atoms with Crippen molar-refractivity contribution in [2.24, 2.45) is 0 Å². The third kappa shape index (κ3) is 5.47. The summed E-state index contributed by atoms with van der Waals surface area (Å²) in [5, 5.41) is 2.49. The Morgan fingerprint density at radius 3 is 2.75 bits per heavy atom. The fourth-order valence-corrected chi connectivity index (χ4v) is 0.388. The van der Waals surface area contributed by atoms with Crippen molar-refractivity contribution in [1.29, 1.82) is 0 Å². The van der Waals surface area contributed by atoms with Crippen LogP contribution in [0.1, 0.15) is 19.8 Å². The molecule has 0 aromatic rings. The lowest BCUT2D eigenvalue weighted by molar-refractivity contribution is -0.116. The Balaban J connectivity index is 2.82. The molecule has 2 nitrogen and oxygen atoms in total. The van der Waals surface area contributed by atoms with Gasteiger partial charge in [-0.05, 0) is 6.42 Å².